The van der Waals surface area contributed by atoms with Crippen molar-refractivity contribution < 1.29 is 14.7 Å². The Balaban J connectivity index is 2.45. The maximum atomic E-state index is 11.8. The zero-order chi connectivity index (χ0) is 13.5. The van der Waals surface area contributed by atoms with Crippen molar-refractivity contribution in [2.24, 2.45) is 11.8 Å². The van der Waals surface area contributed by atoms with Crippen LogP contribution in [0.2, 0.25) is 0 Å². The van der Waals surface area contributed by atoms with Crippen molar-refractivity contribution in [2.75, 3.05) is 19.6 Å². The van der Waals surface area contributed by atoms with Crippen molar-refractivity contribution in [2.45, 2.75) is 39.5 Å². The Bertz CT molecular complexity index is 290. The average molecular weight is 256 g/mol. The van der Waals surface area contributed by atoms with Crippen LogP contribution in [0.25, 0.3) is 0 Å². The first-order chi connectivity index (χ1) is 8.60. The molecule has 1 aliphatic carbocycles. The monoisotopic (exact) mass is 256 g/mol. The van der Waals surface area contributed by atoms with E-state index in [-0.39, 0.29) is 17.9 Å². The number of carbonyl (C=O) groups excluding carboxylic acids is 1. The molecule has 0 aromatic rings. The summed E-state index contributed by atoms with van der Waals surface area (Å²) < 4.78 is 0. The van der Waals surface area contributed by atoms with Crippen molar-refractivity contribution in [1.29, 1.82) is 0 Å². The number of nitrogens with zero attached hydrogens (tertiary/aromatic N) is 1. The summed E-state index contributed by atoms with van der Waals surface area (Å²) in [5.41, 5.74) is 0. The Morgan fingerprint density at radius 2 is 1.83 bits per heavy atom. The number of carboxylic acids is 1. The average Bonchev–Trinajstić information content (AvgIpc) is 2.38. The Hall–Kier alpha value is -1.26. The first kappa shape index (κ1) is 14.8. The zero-order valence-corrected chi connectivity index (χ0v) is 11.3. The van der Waals surface area contributed by atoms with E-state index in [1.807, 2.05) is 13.8 Å². The number of hydrogen-bond acceptors (Lipinski definition) is 2. The van der Waals surface area contributed by atoms with Gasteiger partial charge in [-0.25, -0.2) is 4.79 Å². The second-order valence-electron chi connectivity index (χ2n) is 4.85. The van der Waals surface area contributed by atoms with Gasteiger partial charge in [0.25, 0.3) is 0 Å². The predicted octanol–water partition coefficient (Wildman–Crippen LogP) is 1.93. The molecule has 2 amide bonds. The van der Waals surface area contributed by atoms with E-state index in [9.17, 15) is 9.59 Å². The van der Waals surface area contributed by atoms with Gasteiger partial charge < -0.3 is 15.3 Å². The van der Waals surface area contributed by atoms with E-state index in [0.29, 0.717) is 19.6 Å². The van der Waals surface area contributed by atoms with E-state index in [1.165, 1.54) is 0 Å². The van der Waals surface area contributed by atoms with Gasteiger partial charge in [0.1, 0.15) is 0 Å². The number of amides is 2. The van der Waals surface area contributed by atoms with Crippen LogP contribution >= 0.6 is 0 Å². The molecule has 1 fully saturated rings. The highest BCUT2D eigenvalue weighted by atomic mass is 16.4. The third kappa shape index (κ3) is 3.89. The van der Waals surface area contributed by atoms with Gasteiger partial charge in [0, 0.05) is 19.6 Å². The molecule has 2 N–H and O–H groups in total. The fourth-order valence-electron chi connectivity index (χ4n) is 2.62. The van der Waals surface area contributed by atoms with Gasteiger partial charge in [0.05, 0.1) is 5.92 Å². The minimum Gasteiger partial charge on any atom is -0.481 e. The molecule has 0 spiro atoms. The van der Waals surface area contributed by atoms with Gasteiger partial charge in [-0.05, 0) is 32.6 Å². The van der Waals surface area contributed by atoms with E-state index in [2.05, 4.69) is 5.32 Å². The third-order valence-electron chi connectivity index (χ3n) is 3.79. The summed E-state index contributed by atoms with van der Waals surface area (Å²) in [6.07, 6.45) is 3.68. The lowest BCUT2D eigenvalue weighted by Crippen LogP contribution is -2.44. The number of carboxylic acid groups (broad SMARTS) is 1. The van der Waals surface area contributed by atoms with Crippen molar-refractivity contribution in [3.63, 3.8) is 0 Å². The highest BCUT2D eigenvalue weighted by Crippen LogP contribution is 2.29. The van der Waals surface area contributed by atoms with E-state index in [4.69, 9.17) is 5.11 Å². The lowest BCUT2D eigenvalue weighted by atomic mass is 9.79. The molecule has 5 heteroatoms. The van der Waals surface area contributed by atoms with E-state index < -0.39 is 5.97 Å². The molecule has 0 aromatic carbocycles. The van der Waals surface area contributed by atoms with Gasteiger partial charge in [0.2, 0.25) is 0 Å². The summed E-state index contributed by atoms with van der Waals surface area (Å²) in [7, 11) is 0. The number of urea groups is 1. The predicted molar refractivity (Wildman–Crippen MR) is 69.4 cm³/mol. The fraction of sp³-hybridized carbons (Fsp3) is 0.846. The van der Waals surface area contributed by atoms with Crippen molar-refractivity contribution in [1.82, 2.24) is 10.2 Å². The van der Waals surface area contributed by atoms with Gasteiger partial charge in [-0.2, -0.15) is 0 Å². The van der Waals surface area contributed by atoms with Gasteiger partial charge in [-0.15, -0.1) is 0 Å². The van der Waals surface area contributed by atoms with Crippen LogP contribution in [0.5, 0.6) is 0 Å². The zero-order valence-electron chi connectivity index (χ0n) is 11.3. The van der Waals surface area contributed by atoms with E-state index in [0.717, 1.165) is 25.7 Å². The van der Waals surface area contributed by atoms with Crippen LogP contribution < -0.4 is 5.32 Å². The van der Waals surface area contributed by atoms with Crippen LogP contribution in [0.15, 0.2) is 0 Å². The van der Waals surface area contributed by atoms with Gasteiger partial charge in [0.15, 0.2) is 0 Å². The van der Waals surface area contributed by atoms with Crippen LogP contribution in [0.1, 0.15) is 39.5 Å². The van der Waals surface area contributed by atoms with Gasteiger partial charge in [-0.3, -0.25) is 4.79 Å². The molecule has 1 saturated carbocycles. The van der Waals surface area contributed by atoms with Crippen LogP contribution in [-0.4, -0.2) is 41.6 Å². The van der Waals surface area contributed by atoms with Crippen molar-refractivity contribution >= 4 is 12.0 Å². The molecule has 0 radical (unpaired) electrons. The molecule has 104 valence electrons. The molecule has 0 unspecified atom stereocenters. The topological polar surface area (TPSA) is 69.6 Å². The quantitative estimate of drug-likeness (QED) is 0.789. The van der Waals surface area contributed by atoms with Gasteiger partial charge >= 0.3 is 12.0 Å². The summed E-state index contributed by atoms with van der Waals surface area (Å²) in [6, 6.07) is -0.0882. The second kappa shape index (κ2) is 7.24. The molecule has 18 heavy (non-hydrogen) atoms. The standard InChI is InChI=1S/C13H24N2O3/c1-3-15(4-2)13(18)14-9-10-7-5-6-8-11(10)12(16)17/h10-11H,3-9H2,1-2H3,(H,14,18)(H,16,17)/t10-,11-/m0/s1. The Morgan fingerprint density at radius 1 is 1.22 bits per heavy atom. The Labute approximate surface area is 109 Å². The third-order valence-corrected chi connectivity index (χ3v) is 3.79. The number of carbonyl (C=O) groups is 2. The van der Waals surface area contributed by atoms with Gasteiger partial charge in [-0.1, -0.05) is 12.8 Å². The molecular weight excluding hydrogens is 232 g/mol. The first-order valence-corrected chi connectivity index (χ1v) is 6.85. The largest absolute Gasteiger partial charge is 0.481 e. The lowest BCUT2D eigenvalue weighted by molar-refractivity contribution is -0.144. The smallest absolute Gasteiger partial charge is 0.317 e. The Morgan fingerprint density at radius 3 is 2.39 bits per heavy atom. The SMILES string of the molecule is CCN(CC)C(=O)NC[C@@H]1CCCC[C@@H]1C(=O)O. The maximum absolute atomic E-state index is 11.8. The first-order valence-electron chi connectivity index (χ1n) is 6.85. The molecule has 1 rings (SSSR count). The second-order valence-corrected chi connectivity index (χ2v) is 4.85. The Kier molecular flexibility index (Phi) is 5.95. The van der Waals surface area contributed by atoms with Crippen molar-refractivity contribution in [3.05, 3.63) is 0 Å². The molecule has 0 aliphatic heterocycles. The number of hydrogen-bond donors (Lipinski definition) is 2. The molecule has 1 aliphatic rings. The minimum atomic E-state index is -0.725. The van der Waals surface area contributed by atoms with Crippen LogP contribution in [0, 0.1) is 11.8 Å². The summed E-state index contributed by atoms with van der Waals surface area (Å²) >= 11 is 0. The number of nitrogens with one attached hydrogen (secondary N) is 1. The maximum Gasteiger partial charge on any atom is 0.317 e. The summed E-state index contributed by atoms with van der Waals surface area (Å²) in [5, 5.41) is 12.0. The molecule has 0 aromatic heterocycles. The van der Waals surface area contributed by atoms with E-state index in [1.54, 1.807) is 4.90 Å². The highest BCUT2D eigenvalue weighted by Gasteiger charge is 2.30. The summed E-state index contributed by atoms with van der Waals surface area (Å²) in [4.78, 5) is 24.6. The van der Waals surface area contributed by atoms with E-state index >= 15 is 0 Å². The summed E-state index contributed by atoms with van der Waals surface area (Å²) in [6.45, 7) is 5.70. The molecule has 0 heterocycles. The van der Waals surface area contributed by atoms with Crippen LogP contribution in [-0.2, 0) is 4.79 Å². The molecule has 0 saturated heterocycles. The fourth-order valence-corrected chi connectivity index (χ4v) is 2.62. The minimum absolute atomic E-state index is 0.0794. The number of aliphatic carboxylic acids is 1. The number of rotatable bonds is 5. The molecular formula is C13H24N2O3. The highest BCUT2D eigenvalue weighted by molar-refractivity contribution is 5.74. The van der Waals surface area contributed by atoms with Crippen LogP contribution in [0.4, 0.5) is 4.79 Å². The van der Waals surface area contributed by atoms with Crippen LogP contribution in [0.3, 0.4) is 0 Å². The van der Waals surface area contributed by atoms with Crippen molar-refractivity contribution in [3.8, 4) is 0 Å². The molecule has 0 bridgehead atoms. The molecule has 2 atom stereocenters. The normalized spacial score (nSPS) is 23.4. The lowest BCUT2D eigenvalue weighted by Gasteiger charge is -2.29. The molecule has 5 nitrogen and oxygen atoms in total. The summed E-state index contributed by atoms with van der Waals surface area (Å²) in [5.74, 6) is -0.941.